The largest absolute Gasteiger partial charge is 0.334 e. The first kappa shape index (κ1) is 13.1. The normalized spacial score (nSPS) is 17.6. The van der Waals surface area contributed by atoms with Gasteiger partial charge in [-0.3, -0.25) is 0 Å². The van der Waals surface area contributed by atoms with Crippen molar-refractivity contribution < 1.29 is 0 Å². The van der Waals surface area contributed by atoms with Crippen LogP contribution < -0.4 is 5.32 Å². The van der Waals surface area contributed by atoms with E-state index in [0.717, 1.165) is 17.6 Å². The fourth-order valence-corrected chi connectivity index (χ4v) is 3.40. The van der Waals surface area contributed by atoms with Crippen molar-refractivity contribution >= 4 is 15.9 Å². The molecule has 0 atom stereocenters. The van der Waals surface area contributed by atoms with Gasteiger partial charge in [0, 0.05) is 25.9 Å². The second-order valence-corrected chi connectivity index (χ2v) is 5.71. The lowest BCUT2D eigenvalue weighted by molar-refractivity contribution is 0.420. The molecule has 0 unspecified atom stereocenters. The third kappa shape index (κ3) is 2.91. The molecule has 0 aromatic carbocycles. The van der Waals surface area contributed by atoms with Crippen LogP contribution in [0, 0.1) is 0 Å². The van der Waals surface area contributed by atoms with Crippen molar-refractivity contribution in [2.75, 3.05) is 13.6 Å². The number of hydrogen-bond acceptors (Lipinski definition) is 2. The number of imidazole rings is 1. The van der Waals surface area contributed by atoms with E-state index in [1.54, 1.807) is 0 Å². The summed E-state index contributed by atoms with van der Waals surface area (Å²) in [6, 6.07) is 0. The van der Waals surface area contributed by atoms with E-state index in [1.807, 2.05) is 7.05 Å². The maximum atomic E-state index is 4.74. The Morgan fingerprint density at radius 1 is 1.35 bits per heavy atom. The zero-order valence-electron chi connectivity index (χ0n) is 10.8. The number of aromatic nitrogens is 2. The molecular formula is C13H22BrN3. The van der Waals surface area contributed by atoms with Crippen LogP contribution in [-0.2, 0) is 13.5 Å². The Morgan fingerprint density at radius 3 is 2.71 bits per heavy atom. The van der Waals surface area contributed by atoms with Crippen LogP contribution in [0.15, 0.2) is 4.60 Å². The van der Waals surface area contributed by atoms with Gasteiger partial charge >= 0.3 is 0 Å². The zero-order chi connectivity index (χ0) is 12.3. The molecule has 1 aliphatic rings. The number of hydrogen-bond donors (Lipinski definition) is 1. The van der Waals surface area contributed by atoms with E-state index >= 15 is 0 Å². The molecule has 1 saturated carbocycles. The maximum absolute atomic E-state index is 4.74. The average molecular weight is 300 g/mol. The van der Waals surface area contributed by atoms with Gasteiger partial charge in [-0.25, -0.2) is 4.98 Å². The van der Waals surface area contributed by atoms with Crippen LogP contribution in [0.2, 0.25) is 0 Å². The van der Waals surface area contributed by atoms with Gasteiger partial charge in [-0.05, 0) is 35.8 Å². The molecule has 1 aliphatic carbocycles. The van der Waals surface area contributed by atoms with Gasteiger partial charge in [0.05, 0.1) is 5.69 Å². The summed E-state index contributed by atoms with van der Waals surface area (Å²) in [5.74, 6) is 1.95. The Hall–Kier alpha value is -0.350. The molecule has 96 valence electrons. The maximum Gasteiger partial charge on any atom is 0.127 e. The first-order valence-corrected chi connectivity index (χ1v) is 7.39. The van der Waals surface area contributed by atoms with E-state index in [1.165, 1.54) is 43.6 Å². The number of likely N-dealkylation sites (N-methyl/N-ethyl adjacent to an activating group) is 1. The van der Waals surface area contributed by atoms with Crippen molar-refractivity contribution in [1.29, 1.82) is 0 Å². The molecule has 2 rings (SSSR count). The lowest BCUT2D eigenvalue weighted by Crippen LogP contribution is -2.15. The minimum Gasteiger partial charge on any atom is -0.334 e. The Morgan fingerprint density at radius 2 is 2.06 bits per heavy atom. The number of nitrogens with one attached hydrogen (secondary N) is 1. The topological polar surface area (TPSA) is 29.9 Å². The first-order chi connectivity index (χ1) is 8.24. The van der Waals surface area contributed by atoms with Crippen LogP contribution in [-0.4, -0.2) is 23.1 Å². The van der Waals surface area contributed by atoms with Gasteiger partial charge in [0.15, 0.2) is 0 Å². The smallest absolute Gasteiger partial charge is 0.127 e. The Kier molecular flexibility index (Phi) is 4.62. The first-order valence-electron chi connectivity index (χ1n) is 6.59. The minimum absolute atomic E-state index is 0.674. The van der Waals surface area contributed by atoms with Crippen LogP contribution in [0.25, 0.3) is 0 Å². The van der Waals surface area contributed by atoms with Crippen LogP contribution in [0.3, 0.4) is 0 Å². The van der Waals surface area contributed by atoms with Crippen LogP contribution in [0.5, 0.6) is 0 Å². The molecule has 1 heterocycles. The summed E-state index contributed by atoms with van der Waals surface area (Å²) in [7, 11) is 4.15. The van der Waals surface area contributed by atoms with Crippen molar-refractivity contribution in [3.63, 3.8) is 0 Å². The van der Waals surface area contributed by atoms with E-state index in [4.69, 9.17) is 4.98 Å². The number of nitrogens with zero attached hydrogens (tertiary/aromatic N) is 2. The molecule has 1 fully saturated rings. The van der Waals surface area contributed by atoms with Crippen LogP contribution >= 0.6 is 15.9 Å². The highest BCUT2D eigenvalue weighted by Gasteiger charge is 2.22. The van der Waals surface area contributed by atoms with Gasteiger partial charge in [0.25, 0.3) is 0 Å². The summed E-state index contributed by atoms with van der Waals surface area (Å²) in [5, 5.41) is 3.20. The number of rotatable bonds is 4. The molecule has 17 heavy (non-hydrogen) atoms. The van der Waals surface area contributed by atoms with Crippen LogP contribution in [0.4, 0.5) is 0 Å². The van der Waals surface area contributed by atoms with Crippen molar-refractivity contribution in [2.24, 2.45) is 7.05 Å². The summed E-state index contributed by atoms with van der Waals surface area (Å²) < 4.78 is 3.34. The van der Waals surface area contributed by atoms with Crippen molar-refractivity contribution in [2.45, 2.75) is 44.4 Å². The van der Waals surface area contributed by atoms with Gasteiger partial charge in [-0.2, -0.15) is 0 Å². The second kappa shape index (κ2) is 6.01. The molecule has 0 spiro atoms. The standard InChI is InChI=1S/C13H22BrN3/c1-15-9-8-11-12(14)16-13(17(11)2)10-6-4-3-5-7-10/h10,15H,3-9H2,1-2H3. The summed E-state index contributed by atoms with van der Waals surface area (Å²) in [6.45, 7) is 1.00. The quantitative estimate of drug-likeness (QED) is 0.926. The van der Waals surface area contributed by atoms with E-state index in [9.17, 15) is 0 Å². The van der Waals surface area contributed by atoms with E-state index in [2.05, 4.69) is 32.9 Å². The highest BCUT2D eigenvalue weighted by atomic mass is 79.9. The molecule has 1 N–H and O–H groups in total. The van der Waals surface area contributed by atoms with E-state index < -0.39 is 0 Å². The minimum atomic E-state index is 0.674. The predicted molar refractivity (Wildman–Crippen MR) is 74.4 cm³/mol. The molecule has 1 aromatic rings. The summed E-state index contributed by atoms with van der Waals surface area (Å²) in [5.41, 5.74) is 1.32. The third-order valence-electron chi connectivity index (χ3n) is 3.78. The summed E-state index contributed by atoms with van der Waals surface area (Å²) in [4.78, 5) is 4.74. The molecule has 3 nitrogen and oxygen atoms in total. The van der Waals surface area contributed by atoms with E-state index in [0.29, 0.717) is 5.92 Å². The van der Waals surface area contributed by atoms with Gasteiger partial charge in [0.2, 0.25) is 0 Å². The highest BCUT2D eigenvalue weighted by Crippen LogP contribution is 2.33. The predicted octanol–water partition coefficient (Wildman–Crippen LogP) is 2.99. The molecular weight excluding hydrogens is 278 g/mol. The molecule has 4 heteroatoms. The third-order valence-corrected chi connectivity index (χ3v) is 4.42. The van der Waals surface area contributed by atoms with Crippen molar-refractivity contribution in [3.8, 4) is 0 Å². The van der Waals surface area contributed by atoms with Crippen LogP contribution in [0.1, 0.15) is 49.5 Å². The average Bonchev–Trinajstić information content (AvgIpc) is 2.64. The fraction of sp³-hybridized carbons (Fsp3) is 0.769. The summed E-state index contributed by atoms with van der Waals surface area (Å²) in [6.07, 6.45) is 7.77. The SMILES string of the molecule is CNCCc1c(Br)nc(C2CCCCC2)n1C. The fourth-order valence-electron chi connectivity index (χ4n) is 2.76. The van der Waals surface area contributed by atoms with Gasteiger partial charge in [-0.15, -0.1) is 0 Å². The molecule has 0 radical (unpaired) electrons. The molecule has 0 saturated heterocycles. The molecule has 0 aliphatic heterocycles. The molecule has 1 aromatic heterocycles. The Labute approximate surface area is 112 Å². The van der Waals surface area contributed by atoms with Gasteiger partial charge in [-0.1, -0.05) is 19.3 Å². The Balaban J connectivity index is 2.17. The van der Waals surface area contributed by atoms with Crippen molar-refractivity contribution in [1.82, 2.24) is 14.9 Å². The van der Waals surface area contributed by atoms with Crippen molar-refractivity contribution in [3.05, 3.63) is 16.1 Å². The second-order valence-electron chi connectivity index (χ2n) is 4.96. The summed E-state index contributed by atoms with van der Waals surface area (Å²) >= 11 is 3.61. The van der Waals surface area contributed by atoms with Gasteiger partial charge in [0.1, 0.15) is 10.4 Å². The monoisotopic (exact) mass is 299 g/mol. The zero-order valence-corrected chi connectivity index (χ0v) is 12.4. The molecule has 0 amide bonds. The lowest BCUT2D eigenvalue weighted by atomic mass is 9.89. The Bertz CT molecular complexity index is 367. The van der Waals surface area contributed by atoms with E-state index in [-0.39, 0.29) is 0 Å². The highest BCUT2D eigenvalue weighted by molar-refractivity contribution is 9.10. The molecule has 0 bridgehead atoms. The number of halogens is 1. The van der Waals surface area contributed by atoms with Gasteiger partial charge < -0.3 is 9.88 Å². The lowest BCUT2D eigenvalue weighted by Gasteiger charge is -2.21.